The second kappa shape index (κ2) is 5.37. The van der Waals surface area contributed by atoms with Gasteiger partial charge in [-0.05, 0) is 29.8 Å². The zero-order valence-electron chi connectivity index (χ0n) is 9.78. The van der Waals surface area contributed by atoms with Crippen molar-refractivity contribution >= 4 is 56.9 Å². The number of hydrogen-bond donors (Lipinski definition) is 1. The molecule has 0 saturated heterocycles. The number of rotatable bonds is 2. The van der Waals surface area contributed by atoms with Crippen molar-refractivity contribution in [1.29, 1.82) is 0 Å². The number of benzene rings is 2. The quantitative estimate of drug-likeness (QED) is 0.660. The summed E-state index contributed by atoms with van der Waals surface area (Å²) >= 11 is 18.0. The van der Waals surface area contributed by atoms with E-state index >= 15 is 0 Å². The lowest BCUT2D eigenvalue weighted by atomic mass is 10.2. The molecule has 0 saturated carbocycles. The molecule has 0 bridgehead atoms. The van der Waals surface area contributed by atoms with Crippen molar-refractivity contribution in [3.05, 3.63) is 57.0 Å². The minimum Gasteiger partial charge on any atom is -0.250 e. The molecule has 1 nitrogen and oxygen atoms in total. The fourth-order valence-electron chi connectivity index (χ4n) is 1.97. The van der Waals surface area contributed by atoms with Crippen LogP contribution in [0.4, 0.5) is 5.69 Å². The molecule has 1 aliphatic heterocycles. The van der Waals surface area contributed by atoms with Crippen LogP contribution in [0.25, 0.3) is 0 Å². The molecule has 1 unspecified atom stereocenters. The summed E-state index contributed by atoms with van der Waals surface area (Å²) < 4.78 is 0. The standard InChI is InChI=1S/C14H10Cl3NS/c15-10-3-1-9(2-4-10)7-19-8-18-13-5-11(16)12(17)6-14(13)19/h1-6,8,19H,7H2. The molecule has 19 heavy (non-hydrogen) atoms. The maximum Gasteiger partial charge on any atom is 0.0773 e. The lowest BCUT2D eigenvalue weighted by Gasteiger charge is -2.14. The highest BCUT2D eigenvalue weighted by molar-refractivity contribution is 8.28. The van der Waals surface area contributed by atoms with E-state index in [-0.39, 0.29) is 0 Å². The highest BCUT2D eigenvalue weighted by Gasteiger charge is 2.18. The number of aliphatic imine (C=N–C) groups is 1. The number of halogens is 3. The monoisotopic (exact) mass is 329 g/mol. The summed E-state index contributed by atoms with van der Waals surface area (Å²) in [7, 11) is -0.453. The van der Waals surface area contributed by atoms with Gasteiger partial charge in [0.05, 0.1) is 15.7 Å². The summed E-state index contributed by atoms with van der Waals surface area (Å²) in [6.07, 6.45) is 0. The van der Waals surface area contributed by atoms with Crippen LogP contribution in [0, 0.1) is 0 Å². The van der Waals surface area contributed by atoms with Gasteiger partial charge in [-0.15, -0.1) is 0 Å². The number of fused-ring (bicyclic) bond motifs is 1. The molecule has 3 rings (SSSR count). The smallest absolute Gasteiger partial charge is 0.0773 e. The summed E-state index contributed by atoms with van der Waals surface area (Å²) in [5.74, 6) is 0.945. The van der Waals surface area contributed by atoms with Gasteiger partial charge >= 0.3 is 0 Å². The van der Waals surface area contributed by atoms with Gasteiger partial charge in [-0.3, -0.25) is 4.99 Å². The topological polar surface area (TPSA) is 12.4 Å². The molecule has 0 N–H and O–H groups in total. The first-order chi connectivity index (χ1) is 9.13. The molecule has 0 aromatic heterocycles. The van der Waals surface area contributed by atoms with Gasteiger partial charge in [-0.25, -0.2) is 0 Å². The average molecular weight is 331 g/mol. The summed E-state index contributed by atoms with van der Waals surface area (Å²) in [4.78, 5) is 5.62. The fraction of sp³-hybridized carbons (Fsp3) is 0.0714. The molecule has 2 aromatic rings. The van der Waals surface area contributed by atoms with E-state index in [0.717, 1.165) is 16.5 Å². The molecule has 0 radical (unpaired) electrons. The van der Waals surface area contributed by atoms with Crippen molar-refractivity contribution in [2.45, 2.75) is 10.6 Å². The molecule has 5 heteroatoms. The Labute approximate surface area is 129 Å². The van der Waals surface area contributed by atoms with E-state index in [2.05, 4.69) is 4.99 Å². The maximum atomic E-state index is 6.09. The van der Waals surface area contributed by atoms with Crippen molar-refractivity contribution in [2.75, 3.05) is 0 Å². The summed E-state index contributed by atoms with van der Waals surface area (Å²) in [5, 5.41) is 1.90. The summed E-state index contributed by atoms with van der Waals surface area (Å²) in [6.45, 7) is 0. The Bertz CT molecular complexity index is 652. The first-order valence-electron chi connectivity index (χ1n) is 5.68. The van der Waals surface area contributed by atoms with Crippen molar-refractivity contribution in [3.8, 4) is 0 Å². The molecule has 0 spiro atoms. The zero-order valence-corrected chi connectivity index (χ0v) is 12.9. The van der Waals surface area contributed by atoms with Crippen molar-refractivity contribution in [1.82, 2.24) is 0 Å². The first kappa shape index (κ1) is 13.3. The van der Waals surface area contributed by atoms with E-state index in [0.29, 0.717) is 10.0 Å². The summed E-state index contributed by atoms with van der Waals surface area (Å²) in [6, 6.07) is 11.7. The number of hydrogen-bond acceptors (Lipinski definition) is 1. The van der Waals surface area contributed by atoms with Crippen LogP contribution in [0.1, 0.15) is 5.56 Å². The van der Waals surface area contributed by atoms with Gasteiger partial charge in [-0.1, -0.05) is 46.9 Å². The normalized spacial score (nSPS) is 18.6. The van der Waals surface area contributed by atoms with Crippen LogP contribution in [0.2, 0.25) is 15.1 Å². The largest absolute Gasteiger partial charge is 0.250 e. The van der Waals surface area contributed by atoms with Gasteiger partial charge in [0.2, 0.25) is 0 Å². The molecule has 0 fully saturated rings. The minimum absolute atomic E-state index is 0.453. The van der Waals surface area contributed by atoms with Crippen LogP contribution in [0.5, 0.6) is 0 Å². The third-order valence-electron chi connectivity index (χ3n) is 2.93. The van der Waals surface area contributed by atoms with Crippen LogP contribution < -0.4 is 0 Å². The lowest BCUT2D eigenvalue weighted by molar-refractivity contribution is 1.37. The molecule has 0 amide bonds. The van der Waals surface area contributed by atoms with Gasteiger partial charge in [0, 0.05) is 21.2 Å². The summed E-state index contributed by atoms with van der Waals surface area (Å²) in [5.41, 5.74) is 4.21. The molecule has 98 valence electrons. The molecule has 1 aliphatic rings. The Kier molecular flexibility index (Phi) is 3.77. The van der Waals surface area contributed by atoms with E-state index in [4.69, 9.17) is 34.8 Å². The van der Waals surface area contributed by atoms with Gasteiger partial charge in [0.15, 0.2) is 0 Å². The van der Waals surface area contributed by atoms with Gasteiger partial charge in [-0.2, -0.15) is 10.9 Å². The third kappa shape index (κ3) is 2.77. The predicted octanol–water partition coefficient (Wildman–Crippen LogP) is 5.88. The van der Waals surface area contributed by atoms with Crippen molar-refractivity contribution in [3.63, 3.8) is 0 Å². The first-order valence-corrected chi connectivity index (χ1v) is 8.41. The third-order valence-corrected chi connectivity index (χ3v) is 5.98. The van der Waals surface area contributed by atoms with E-state index in [1.807, 2.05) is 41.9 Å². The van der Waals surface area contributed by atoms with Crippen molar-refractivity contribution < 1.29 is 0 Å². The molecular formula is C14H10Cl3NS. The van der Waals surface area contributed by atoms with Gasteiger partial charge in [0.25, 0.3) is 0 Å². The minimum atomic E-state index is -0.453. The van der Waals surface area contributed by atoms with E-state index in [1.165, 1.54) is 10.5 Å². The van der Waals surface area contributed by atoms with E-state index < -0.39 is 10.9 Å². The maximum absolute atomic E-state index is 6.09. The second-order valence-electron chi connectivity index (χ2n) is 4.25. The van der Waals surface area contributed by atoms with Crippen LogP contribution in [-0.4, -0.2) is 5.55 Å². The van der Waals surface area contributed by atoms with E-state index in [1.54, 1.807) is 0 Å². The molecule has 1 heterocycles. The van der Waals surface area contributed by atoms with Crippen LogP contribution in [0.15, 0.2) is 46.3 Å². The zero-order chi connectivity index (χ0) is 13.4. The highest BCUT2D eigenvalue weighted by Crippen LogP contribution is 2.50. The Morgan fingerprint density at radius 3 is 2.37 bits per heavy atom. The Morgan fingerprint density at radius 2 is 1.63 bits per heavy atom. The average Bonchev–Trinajstić information content (AvgIpc) is 2.76. The predicted molar refractivity (Wildman–Crippen MR) is 87.0 cm³/mol. The van der Waals surface area contributed by atoms with E-state index in [9.17, 15) is 0 Å². The molecular weight excluding hydrogens is 321 g/mol. The Hall–Kier alpha value is -0.670. The number of nitrogens with zero attached hydrogens (tertiary/aromatic N) is 1. The SMILES string of the molecule is Clc1ccc(C[SH]2C=Nc3cc(Cl)c(Cl)cc32)cc1. The highest BCUT2D eigenvalue weighted by atomic mass is 35.5. The fourth-order valence-corrected chi connectivity index (χ4v) is 4.45. The molecule has 1 atom stereocenters. The number of thiol groups is 1. The Morgan fingerprint density at radius 1 is 0.947 bits per heavy atom. The van der Waals surface area contributed by atoms with Crippen LogP contribution in [-0.2, 0) is 5.75 Å². The second-order valence-corrected chi connectivity index (χ2v) is 7.47. The van der Waals surface area contributed by atoms with Crippen LogP contribution >= 0.6 is 45.7 Å². The van der Waals surface area contributed by atoms with Crippen molar-refractivity contribution in [2.24, 2.45) is 4.99 Å². The lowest BCUT2D eigenvalue weighted by Crippen LogP contribution is -1.87. The molecule has 2 aromatic carbocycles. The van der Waals surface area contributed by atoms with Gasteiger partial charge in [0.1, 0.15) is 0 Å². The van der Waals surface area contributed by atoms with Crippen LogP contribution in [0.3, 0.4) is 0 Å². The van der Waals surface area contributed by atoms with Gasteiger partial charge < -0.3 is 0 Å². The Balaban J connectivity index is 1.88. The molecule has 0 aliphatic carbocycles.